The molecule has 4 heteroatoms. The molecule has 1 nitrogen and oxygen atoms in total. The molecule has 0 radical (unpaired) electrons. The zero-order valence-corrected chi connectivity index (χ0v) is 8.02. The largest absolute Gasteiger partial charge is 0.320 e. The van der Waals surface area contributed by atoms with Gasteiger partial charge in [0.25, 0.3) is 5.92 Å². The molecule has 0 spiro atoms. The fourth-order valence-corrected chi connectivity index (χ4v) is 1.06. The molecule has 1 aromatic carbocycles. The van der Waals surface area contributed by atoms with Gasteiger partial charge in [-0.2, -0.15) is 8.78 Å². The van der Waals surface area contributed by atoms with Crippen molar-refractivity contribution in [1.29, 1.82) is 0 Å². The van der Waals surface area contributed by atoms with E-state index in [-0.39, 0.29) is 0 Å². The molecule has 0 amide bonds. The van der Waals surface area contributed by atoms with Gasteiger partial charge in [-0.25, -0.2) is 4.39 Å². The van der Waals surface area contributed by atoms with E-state index in [1.165, 1.54) is 26.0 Å². The summed E-state index contributed by atoms with van der Waals surface area (Å²) in [6.45, 7) is 2.33. The van der Waals surface area contributed by atoms with Crippen molar-refractivity contribution in [3.8, 4) is 0 Å². The first-order chi connectivity index (χ1) is 6.27. The molecule has 2 N–H and O–H groups in total. The molecule has 0 fully saturated rings. The Hall–Kier alpha value is -1.03. The summed E-state index contributed by atoms with van der Waals surface area (Å²) in [6, 6.07) is 4.76. The molecule has 14 heavy (non-hydrogen) atoms. The summed E-state index contributed by atoms with van der Waals surface area (Å²) in [6.07, 6.45) is 0. The summed E-state index contributed by atoms with van der Waals surface area (Å²) in [5, 5.41) is 0. The Morgan fingerprint density at radius 1 is 1.14 bits per heavy atom. The molecule has 0 atom stereocenters. The zero-order chi connectivity index (χ0) is 11.0. The molecule has 0 saturated carbocycles. The molecule has 0 heterocycles. The second kappa shape index (κ2) is 3.28. The third-order valence-electron chi connectivity index (χ3n) is 2.02. The summed E-state index contributed by atoms with van der Waals surface area (Å²) < 4.78 is 40.2. The van der Waals surface area contributed by atoms with E-state index >= 15 is 0 Å². The summed E-state index contributed by atoms with van der Waals surface area (Å²) >= 11 is 0. The molecule has 0 aliphatic heterocycles. The van der Waals surface area contributed by atoms with Gasteiger partial charge in [-0.1, -0.05) is 18.2 Å². The van der Waals surface area contributed by atoms with Crippen LogP contribution in [0.3, 0.4) is 0 Å². The molecule has 78 valence electrons. The van der Waals surface area contributed by atoms with Crippen LogP contribution in [-0.4, -0.2) is 5.54 Å². The van der Waals surface area contributed by atoms with Crippen LogP contribution in [0.25, 0.3) is 0 Å². The topological polar surface area (TPSA) is 26.0 Å². The Labute approximate surface area is 80.7 Å². The van der Waals surface area contributed by atoms with Crippen molar-refractivity contribution >= 4 is 0 Å². The van der Waals surface area contributed by atoms with Gasteiger partial charge in [0.1, 0.15) is 5.82 Å². The minimum atomic E-state index is -3.38. The highest BCUT2D eigenvalue weighted by molar-refractivity contribution is 5.25. The van der Waals surface area contributed by atoms with E-state index in [2.05, 4.69) is 0 Å². The third kappa shape index (κ3) is 1.75. The first-order valence-electron chi connectivity index (χ1n) is 4.18. The highest BCUT2D eigenvalue weighted by atomic mass is 19.3. The van der Waals surface area contributed by atoms with Crippen LogP contribution in [0.4, 0.5) is 13.2 Å². The quantitative estimate of drug-likeness (QED) is 0.785. The van der Waals surface area contributed by atoms with E-state index in [4.69, 9.17) is 5.73 Å². The van der Waals surface area contributed by atoms with Crippen molar-refractivity contribution in [2.45, 2.75) is 25.3 Å². The Morgan fingerprint density at radius 2 is 1.64 bits per heavy atom. The lowest BCUT2D eigenvalue weighted by atomic mass is 9.91. The Morgan fingerprint density at radius 3 is 2.07 bits per heavy atom. The maximum atomic E-state index is 13.6. The van der Waals surface area contributed by atoms with E-state index in [1.807, 2.05) is 0 Å². The molecule has 0 bridgehead atoms. The number of benzene rings is 1. The average Bonchev–Trinajstić information content (AvgIpc) is 2.02. The van der Waals surface area contributed by atoms with E-state index in [0.29, 0.717) is 0 Å². The van der Waals surface area contributed by atoms with Crippen molar-refractivity contribution < 1.29 is 13.2 Å². The Bertz CT molecular complexity index is 328. The Balaban J connectivity index is 3.23. The molecule has 1 rings (SSSR count). The molecule has 0 unspecified atom stereocenters. The molecule has 1 aromatic rings. The minimum absolute atomic E-state index is 0.660. The molecule has 0 saturated heterocycles. The molecule has 0 aromatic heterocycles. The predicted molar refractivity (Wildman–Crippen MR) is 48.6 cm³/mol. The number of alkyl halides is 2. The van der Waals surface area contributed by atoms with Gasteiger partial charge >= 0.3 is 0 Å². The SMILES string of the molecule is CC(C)(N)C(F)(F)c1ccccc1F. The lowest BCUT2D eigenvalue weighted by Crippen LogP contribution is -2.48. The van der Waals surface area contributed by atoms with Crippen LogP contribution in [0, 0.1) is 5.82 Å². The van der Waals surface area contributed by atoms with Crippen molar-refractivity contribution in [3.05, 3.63) is 35.6 Å². The van der Waals surface area contributed by atoms with Gasteiger partial charge in [0.05, 0.1) is 11.1 Å². The molecular weight excluding hydrogens is 191 g/mol. The number of halogens is 3. The minimum Gasteiger partial charge on any atom is -0.320 e. The van der Waals surface area contributed by atoms with Gasteiger partial charge in [-0.3, -0.25) is 0 Å². The highest BCUT2D eigenvalue weighted by Gasteiger charge is 2.46. The molecule has 0 aliphatic carbocycles. The zero-order valence-electron chi connectivity index (χ0n) is 8.02. The lowest BCUT2D eigenvalue weighted by molar-refractivity contribution is -0.0700. The number of hydrogen-bond acceptors (Lipinski definition) is 1. The first kappa shape index (κ1) is 11.0. The van der Waals surface area contributed by atoms with Crippen molar-refractivity contribution in [1.82, 2.24) is 0 Å². The van der Waals surface area contributed by atoms with Gasteiger partial charge in [0.2, 0.25) is 0 Å². The van der Waals surface area contributed by atoms with Crippen molar-refractivity contribution in [2.75, 3.05) is 0 Å². The fourth-order valence-electron chi connectivity index (χ4n) is 1.06. The molecular formula is C10H12F3N. The maximum Gasteiger partial charge on any atom is 0.293 e. The van der Waals surface area contributed by atoms with Gasteiger partial charge in [0, 0.05) is 0 Å². The van der Waals surface area contributed by atoms with Crippen molar-refractivity contribution in [3.63, 3.8) is 0 Å². The van der Waals surface area contributed by atoms with Crippen LogP contribution in [0.5, 0.6) is 0 Å². The maximum absolute atomic E-state index is 13.6. The van der Waals surface area contributed by atoms with Crippen LogP contribution in [0.2, 0.25) is 0 Å². The van der Waals surface area contributed by atoms with Crippen LogP contribution in [0.15, 0.2) is 24.3 Å². The second-order valence-electron chi connectivity index (χ2n) is 3.78. The van der Waals surface area contributed by atoms with Crippen molar-refractivity contribution in [2.24, 2.45) is 5.73 Å². The van der Waals surface area contributed by atoms with E-state index in [9.17, 15) is 13.2 Å². The van der Waals surface area contributed by atoms with E-state index in [0.717, 1.165) is 12.1 Å². The second-order valence-corrected chi connectivity index (χ2v) is 3.78. The van der Waals surface area contributed by atoms with Gasteiger partial charge in [0.15, 0.2) is 0 Å². The van der Waals surface area contributed by atoms with E-state index in [1.54, 1.807) is 0 Å². The monoisotopic (exact) mass is 203 g/mol. The highest BCUT2D eigenvalue weighted by Crippen LogP contribution is 2.38. The normalized spacial score (nSPS) is 13.0. The summed E-state index contributed by atoms with van der Waals surface area (Å²) in [5.74, 6) is -4.31. The fraction of sp³-hybridized carbons (Fsp3) is 0.400. The van der Waals surface area contributed by atoms with Gasteiger partial charge < -0.3 is 5.73 Å². The number of nitrogens with two attached hydrogens (primary N) is 1. The lowest BCUT2D eigenvalue weighted by Gasteiger charge is -2.30. The summed E-state index contributed by atoms with van der Waals surface area (Å²) in [7, 11) is 0. The summed E-state index contributed by atoms with van der Waals surface area (Å²) in [5.41, 5.74) is 2.86. The summed E-state index contributed by atoms with van der Waals surface area (Å²) in [4.78, 5) is 0. The Kier molecular flexibility index (Phi) is 2.58. The van der Waals surface area contributed by atoms with Crippen LogP contribution in [0.1, 0.15) is 19.4 Å². The number of hydrogen-bond donors (Lipinski definition) is 1. The van der Waals surface area contributed by atoms with Gasteiger partial charge in [-0.05, 0) is 19.9 Å². The van der Waals surface area contributed by atoms with Crippen LogP contribution in [-0.2, 0) is 5.92 Å². The van der Waals surface area contributed by atoms with Crippen LogP contribution >= 0.6 is 0 Å². The standard InChI is InChI=1S/C10H12F3N/c1-9(2,14)10(12,13)7-5-3-4-6-8(7)11/h3-6H,14H2,1-2H3. The van der Waals surface area contributed by atoms with Crippen LogP contribution < -0.4 is 5.73 Å². The van der Waals surface area contributed by atoms with Gasteiger partial charge in [-0.15, -0.1) is 0 Å². The third-order valence-corrected chi connectivity index (χ3v) is 2.02. The number of rotatable bonds is 2. The molecule has 0 aliphatic rings. The smallest absolute Gasteiger partial charge is 0.293 e. The van der Waals surface area contributed by atoms with E-state index < -0.39 is 22.8 Å². The first-order valence-corrected chi connectivity index (χ1v) is 4.18. The average molecular weight is 203 g/mol. The predicted octanol–water partition coefficient (Wildman–Crippen LogP) is 2.65.